The molecule has 0 fully saturated rings. The van der Waals surface area contributed by atoms with Crippen molar-refractivity contribution in [1.29, 1.82) is 0 Å². The number of anilines is 1. The highest BCUT2D eigenvalue weighted by atomic mass is 32.1. The van der Waals surface area contributed by atoms with Crippen LogP contribution < -0.4 is 5.32 Å². The Morgan fingerprint density at radius 1 is 1.39 bits per heavy atom. The Hall–Kier alpha value is -1.20. The molecular weight excluding hydrogens is 246 g/mol. The molecule has 0 amide bonds. The van der Waals surface area contributed by atoms with Gasteiger partial charge in [0.1, 0.15) is 17.0 Å². The molecule has 0 unspecified atom stereocenters. The molecule has 1 aliphatic rings. The van der Waals surface area contributed by atoms with Crippen LogP contribution in [0.25, 0.3) is 10.2 Å². The Labute approximate surface area is 110 Å². The SMILES string of the molecule is CC(C)(CO)Nc1ncnc2sc3c(c12)CCC3. The highest BCUT2D eigenvalue weighted by Crippen LogP contribution is 2.39. The normalized spacial score (nSPS) is 15.1. The van der Waals surface area contributed by atoms with E-state index in [9.17, 15) is 5.11 Å². The van der Waals surface area contributed by atoms with Gasteiger partial charge in [-0.2, -0.15) is 0 Å². The standard InChI is InChI=1S/C13H17N3OS/c1-13(2,6-17)16-11-10-8-4-3-5-9(8)18-12(10)15-7-14-11/h7,17H,3-6H2,1-2H3,(H,14,15,16). The number of aliphatic hydroxyl groups excluding tert-OH is 1. The molecule has 96 valence electrons. The average Bonchev–Trinajstić information content (AvgIpc) is 2.88. The minimum Gasteiger partial charge on any atom is -0.394 e. The summed E-state index contributed by atoms with van der Waals surface area (Å²) in [4.78, 5) is 11.2. The van der Waals surface area contributed by atoms with E-state index in [1.807, 2.05) is 13.8 Å². The molecule has 3 rings (SSSR count). The lowest BCUT2D eigenvalue weighted by Crippen LogP contribution is -2.35. The molecule has 0 spiro atoms. The molecule has 0 saturated carbocycles. The van der Waals surface area contributed by atoms with Gasteiger partial charge in [0.15, 0.2) is 0 Å². The lowest BCUT2D eigenvalue weighted by molar-refractivity contribution is 0.234. The maximum atomic E-state index is 9.37. The summed E-state index contributed by atoms with van der Waals surface area (Å²) in [5.74, 6) is 0.860. The fourth-order valence-corrected chi connectivity index (χ4v) is 3.61. The fraction of sp³-hybridized carbons (Fsp3) is 0.538. The molecule has 1 aliphatic carbocycles. The van der Waals surface area contributed by atoms with Crippen molar-refractivity contribution >= 4 is 27.4 Å². The van der Waals surface area contributed by atoms with Gasteiger partial charge in [0.25, 0.3) is 0 Å². The summed E-state index contributed by atoms with van der Waals surface area (Å²) in [7, 11) is 0. The van der Waals surface area contributed by atoms with E-state index in [-0.39, 0.29) is 12.1 Å². The number of rotatable bonds is 3. The van der Waals surface area contributed by atoms with Crippen molar-refractivity contribution in [3.63, 3.8) is 0 Å². The van der Waals surface area contributed by atoms with Gasteiger partial charge in [-0.3, -0.25) is 0 Å². The quantitative estimate of drug-likeness (QED) is 0.892. The molecule has 2 aromatic heterocycles. The van der Waals surface area contributed by atoms with Gasteiger partial charge in [-0.25, -0.2) is 9.97 Å². The molecule has 0 aliphatic heterocycles. The topological polar surface area (TPSA) is 58.0 Å². The van der Waals surface area contributed by atoms with Crippen molar-refractivity contribution in [2.24, 2.45) is 0 Å². The van der Waals surface area contributed by atoms with Gasteiger partial charge >= 0.3 is 0 Å². The van der Waals surface area contributed by atoms with Crippen molar-refractivity contribution in [3.05, 3.63) is 16.8 Å². The van der Waals surface area contributed by atoms with E-state index < -0.39 is 0 Å². The van der Waals surface area contributed by atoms with E-state index in [1.165, 1.54) is 23.3 Å². The zero-order valence-corrected chi connectivity index (χ0v) is 11.5. The first kappa shape index (κ1) is 11.9. The van der Waals surface area contributed by atoms with Crippen LogP contribution in [0, 0.1) is 0 Å². The summed E-state index contributed by atoms with van der Waals surface area (Å²) >= 11 is 1.78. The second kappa shape index (κ2) is 4.17. The zero-order chi connectivity index (χ0) is 12.8. The lowest BCUT2D eigenvalue weighted by atomic mass is 10.1. The first-order chi connectivity index (χ1) is 8.61. The fourth-order valence-electron chi connectivity index (χ4n) is 2.38. The van der Waals surface area contributed by atoms with E-state index >= 15 is 0 Å². The van der Waals surface area contributed by atoms with E-state index in [0.717, 1.165) is 22.5 Å². The zero-order valence-electron chi connectivity index (χ0n) is 10.7. The molecule has 5 heteroatoms. The number of nitrogens with zero attached hydrogens (tertiary/aromatic N) is 2. The predicted molar refractivity (Wildman–Crippen MR) is 74.2 cm³/mol. The smallest absolute Gasteiger partial charge is 0.138 e. The third-order valence-electron chi connectivity index (χ3n) is 3.35. The summed E-state index contributed by atoms with van der Waals surface area (Å²) in [6.07, 6.45) is 5.12. The number of thiophene rings is 1. The highest BCUT2D eigenvalue weighted by molar-refractivity contribution is 7.19. The van der Waals surface area contributed by atoms with Crippen LogP contribution in [-0.4, -0.2) is 27.2 Å². The molecule has 2 heterocycles. The number of hydrogen-bond donors (Lipinski definition) is 2. The van der Waals surface area contributed by atoms with Gasteiger partial charge in [0, 0.05) is 4.88 Å². The third-order valence-corrected chi connectivity index (χ3v) is 4.55. The summed E-state index contributed by atoms with van der Waals surface area (Å²) in [5, 5.41) is 13.9. The van der Waals surface area contributed by atoms with Crippen LogP contribution >= 0.6 is 11.3 Å². The number of hydrogen-bond acceptors (Lipinski definition) is 5. The molecule has 4 nitrogen and oxygen atoms in total. The summed E-state index contributed by atoms with van der Waals surface area (Å²) in [6, 6.07) is 0. The molecule has 18 heavy (non-hydrogen) atoms. The van der Waals surface area contributed by atoms with E-state index in [4.69, 9.17) is 0 Å². The second-order valence-electron chi connectivity index (χ2n) is 5.43. The Balaban J connectivity index is 2.12. The minimum atomic E-state index is -0.366. The Bertz CT molecular complexity index is 591. The number of aryl methyl sites for hydroxylation is 2. The highest BCUT2D eigenvalue weighted by Gasteiger charge is 2.24. The van der Waals surface area contributed by atoms with Crippen LogP contribution in [-0.2, 0) is 12.8 Å². The maximum Gasteiger partial charge on any atom is 0.138 e. The number of aromatic nitrogens is 2. The number of aliphatic hydroxyl groups is 1. The van der Waals surface area contributed by atoms with Crippen molar-refractivity contribution in [2.45, 2.75) is 38.6 Å². The Morgan fingerprint density at radius 2 is 2.22 bits per heavy atom. The molecule has 0 radical (unpaired) electrons. The summed E-state index contributed by atoms with van der Waals surface area (Å²) in [5.41, 5.74) is 1.04. The first-order valence-corrected chi connectivity index (χ1v) is 7.07. The largest absolute Gasteiger partial charge is 0.394 e. The Morgan fingerprint density at radius 3 is 3.00 bits per heavy atom. The molecular formula is C13H17N3OS. The van der Waals surface area contributed by atoms with Crippen LogP contribution in [0.5, 0.6) is 0 Å². The van der Waals surface area contributed by atoms with Crippen molar-refractivity contribution < 1.29 is 5.11 Å². The number of nitrogens with one attached hydrogen (secondary N) is 1. The first-order valence-electron chi connectivity index (χ1n) is 6.25. The lowest BCUT2D eigenvalue weighted by Gasteiger charge is -2.24. The predicted octanol–water partition coefficient (Wildman–Crippen LogP) is 2.36. The van der Waals surface area contributed by atoms with Gasteiger partial charge < -0.3 is 10.4 Å². The van der Waals surface area contributed by atoms with E-state index in [1.54, 1.807) is 17.7 Å². The minimum absolute atomic E-state index is 0.0742. The molecule has 0 bridgehead atoms. The summed E-state index contributed by atoms with van der Waals surface area (Å²) in [6.45, 7) is 4.01. The van der Waals surface area contributed by atoms with Crippen LogP contribution in [0.15, 0.2) is 6.33 Å². The van der Waals surface area contributed by atoms with Crippen LogP contribution in [0.4, 0.5) is 5.82 Å². The van der Waals surface area contributed by atoms with E-state index in [0.29, 0.717) is 0 Å². The van der Waals surface area contributed by atoms with Gasteiger partial charge in [-0.1, -0.05) is 0 Å². The van der Waals surface area contributed by atoms with Crippen molar-refractivity contribution in [3.8, 4) is 0 Å². The second-order valence-corrected chi connectivity index (χ2v) is 6.51. The third kappa shape index (κ3) is 1.87. The monoisotopic (exact) mass is 263 g/mol. The average molecular weight is 263 g/mol. The maximum absolute atomic E-state index is 9.37. The van der Waals surface area contributed by atoms with Crippen molar-refractivity contribution in [2.75, 3.05) is 11.9 Å². The molecule has 2 aromatic rings. The summed E-state index contributed by atoms with van der Waals surface area (Å²) < 4.78 is 0. The van der Waals surface area contributed by atoms with Gasteiger partial charge in [-0.05, 0) is 38.7 Å². The van der Waals surface area contributed by atoms with Gasteiger partial charge in [-0.15, -0.1) is 11.3 Å². The van der Waals surface area contributed by atoms with E-state index in [2.05, 4.69) is 15.3 Å². The Kier molecular flexibility index (Phi) is 2.75. The van der Waals surface area contributed by atoms with Crippen LogP contribution in [0.3, 0.4) is 0 Å². The molecule has 0 aromatic carbocycles. The molecule has 0 atom stereocenters. The van der Waals surface area contributed by atoms with Gasteiger partial charge in [0.2, 0.25) is 0 Å². The van der Waals surface area contributed by atoms with Crippen LogP contribution in [0.1, 0.15) is 30.7 Å². The number of fused-ring (bicyclic) bond motifs is 3. The molecule has 0 saturated heterocycles. The van der Waals surface area contributed by atoms with Crippen LogP contribution in [0.2, 0.25) is 0 Å². The van der Waals surface area contributed by atoms with Crippen molar-refractivity contribution in [1.82, 2.24) is 9.97 Å². The van der Waals surface area contributed by atoms with Gasteiger partial charge in [0.05, 0.1) is 17.5 Å². The molecule has 2 N–H and O–H groups in total.